The van der Waals surface area contributed by atoms with E-state index in [2.05, 4.69) is 30.9 Å². The van der Waals surface area contributed by atoms with Crippen LogP contribution in [-0.4, -0.2) is 52.3 Å². The van der Waals surface area contributed by atoms with Crippen molar-refractivity contribution in [3.63, 3.8) is 0 Å². The summed E-state index contributed by atoms with van der Waals surface area (Å²) in [5, 5.41) is 9.18. The van der Waals surface area contributed by atoms with Gasteiger partial charge in [-0.1, -0.05) is 18.2 Å². The molecule has 2 amide bonds. The van der Waals surface area contributed by atoms with Crippen molar-refractivity contribution < 1.29 is 14.0 Å². The summed E-state index contributed by atoms with van der Waals surface area (Å²) < 4.78 is 14.8. The zero-order valence-corrected chi connectivity index (χ0v) is 21.9. The van der Waals surface area contributed by atoms with Crippen LogP contribution in [0.4, 0.5) is 27.5 Å². The Kier molecular flexibility index (Phi) is 7.18. The van der Waals surface area contributed by atoms with Crippen LogP contribution in [0.25, 0.3) is 11.1 Å². The van der Waals surface area contributed by atoms with Gasteiger partial charge < -0.3 is 20.9 Å². The predicted molar refractivity (Wildman–Crippen MR) is 148 cm³/mol. The summed E-state index contributed by atoms with van der Waals surface area (Å²) in [6.07, 6.45) is 4.49. The molecule has 0 spiro atoms. The smallest absolute Gasteiger partial charge is 0.254 e. The fraction of sp³-hybridized carbons (Fsp3) is 0.207. The molecular weight excluding hydrogens is 497 g/mol. The van der Waals surface area contributed by atoms with E-state index in [1.807, 2.05) is 31.2 Å². The fourth-order valence-corrected chi connectivity index (χ4v) is 4.31. The number of fused-ring (bicyclic) bond motifs is 6. The van der Waals surface area contributed by atoms with Gasteiger partial charge in [0.1, 0.15) is 5.82 Å². The van der Waals surface area contributed by atoms with Gasteiger partial charge in [-0.05, 0) is 61.2 Å². The number of hydrogen-bond acceptors (Lipinski definition) is 7. The molecule has 4 heterocycles. The van der Waals surface area contributed by atoms with Crippen LogP contribution in [0.15, 0.2) is 60.9 Å². The second-order valence-electron chi connectivity index (χ2n) is 9.56. The molecule has 3 N–H and O–H groups in total. The Labute approximate surface area is 225 Å². The zero-order valence-electron chi connectivity index (χ0n) is 21.9. The molecule has 6 rings (SSSR count). The second kappa shape index (κ2) is 10.9. The van der Waals surface area contributed by atoms with E-state index in [-0.39, 0.29) is 34.6 Å². The van der Waals surface area contributed by atoms with Crippen LogP contribution < -0.4 is 16.0 Å². The highest BCUT2D eigenvalue weighted by molar-refractivity contribution is 6.08. The van der Waals surface area contributed by atoms with Gasteiger partial charge in [-0.3, -0.25) is 9.59 Å². The number of carbonyl (C=O) groups is 2. The van der Waals surface area contributed by atoms with E-state index in [0.717, 1.165) is 29.7 Å². The van der Waals surface area contributed by atoms with Crippen molar-refractivity contribution in [1.82, 2.24) is 25.2 Å². The molecule has 0 saturated heterocycles. The summed E-state index contributed by atoms with van der Waals surface area (Å²) in [5.41, 5.74) is 4.50. The number of aromatic nitrogens is 3. The van der Waals surface area contributed by atoms with E-state index in [1.54, 1.807) is 44.6 Å². The first-order valence-corrected chi connectivity index (χ1v) is 12.5. The summed E-state index contributed by atoms with van der Waals surface area (Å²) in [6.45, 7) is 2.33. The van der Waals surface area contributed by atoms with Crippen molar-refractivity contribution in [2.75, 3.05) is 31.3 Å². The van der Waals surface area contributed by atoms with E-state index >= 15 is 0 Å². The number of aryl methyl sites for hydroxylation is 2. The molecule has 4 aromatic rings. The van der Waals surface area contributed by atoms with Crippen molar-refractivity contribution in [2.45, 2.75) is 19.8 Å². The molecular formula is C29H28FN7O2. The number of amides is 2. The highest BCUT2D eigenvalue weighted by atomic mass is 19.1. The van der Waals surface area contributed by atoms with Crippen LogP contribution in [0.5, 0.6) is 0 Å². The summed E-state index contributed by atoms with van der Waals surface area (Å²) in [6, 6.07) is 14.5. The first-order valence-electron chi connectivity index (χ1n) is 12.5. The maximum absolute atomic E-state index is 14.8. The minimum absolute atomic E-state index is 0.0704. The molecule has 8 bridgehead atoms. The lowest BCUT2D eigenvalue weighted by Crippen LogP contribution is -2.29. The number of benzene rings is 2. The quantitative estimate of drug-likeness (QED) is 0.305. The fourth-order valence-electron chi connectivity index (χ4n) is 4.31. The van der Waals surface area contributed by atoms with Crippen molar-refractivity contribution in [3.8, 4) is 11.1 Å². The Bertz CT molecular complexity index is 1570. The predicted octanol–water partition coefficient (Wildman–Crippen LogP) is 4.85. The molecule has 2 aliphatic rings. The molecule has 2 aliphatic heterocycles. The Morgan fingerprint density at radius 3 is 2.67 bits per heavy atom. The van der Waals surface area contributed by atoms with Gasteiger partial charge in [-0.2, -0.15) is 9.37 Å². The van der Waals surface area contributed by atoms with Crippen LogP contribution in [0.3, 0.4) is 0 Å². The number of halogens is 1. The van der Waals surface area contributed by atoms with Crippen LogP contribution in [-0.2, 0) is 6.42 Å². The van der Waals surface area contributed by atoms with Crippen molar-refractivity contribution in [2.24, 2.45) is 0 Å². The number of nitrogens with one attached hydrogen (secondary N) is 3. The van der Waals surface area contributed by atoms with Crippen LogP contribution >= 0.6 is 0 Å². The SMILES string of the molecule is Cc1cnc2nc1Nc1cccc(c1)CCCNC(=O)c1ccc(cc1C(=O)N(C)C)-c1cnc(F)c(c1)N2. The van der Waals surface area contributed by atoms with E-state index in [9.17, 15) is 14.0 Å². The van der Waals surface area contributed by atoms with Gasteiger partial charge in [0, 0.05) is 49.8 Å². The molecule has 9 nitrogen and oxygen atoms in total. The van der Waals surface area contributed by atoms with E-state index in [0.29, 0.717) is 23.5 Å². The average molecular weight is 526 g/mol. The largest absolute Gasteiger partial charge is 0.352 e. The summed E-state index contributed by atoms with van der Waals surface area (Å²) in [5.74, 6) is -0.599. The third-order valence-electron chi connectivity index (χ3n) is 6.41. The average Bonchev–Trinajstić information content (AvgIpc) is 2.93. The molecule has 0 atom stereocenters. The highest BCUT2D eigenvalue weighted by Crippen LogP contribution is 2.28. The van der Waals surface area contributed by atoms with E-state index in [1.165, 1.54) is 11.1 Å². The molecule has 2 aromatic heterocycles. The molecule has 10 heteroatoms. The molecule has 2 aromatic carbocycles. The lowest BCUT2D eigenvalue weighted by Gasteiger charge is -2.16. The highest BCUT2D eigenvalue weighted by Gasteiger charge is 2.20. The first-order chi connectivity index (χ1) is 18.8. The van der Waals surface area contributed by atoms with Crippen LogP contribution in [0, 0.1) is 12.9 Å². The molecule has 0 saturated carbocycles. The number of hydrogen-bond donors (Lipinski definition) is 3. The number of carbonyl (C=O) groups excluding carboxylic acids is 2. The lowest BCUT2D eigenvalue weighted by molar-refractivity contribution is 0.0818. The van der Waals surface area contributed by atoms with Crippen molar-refractivity contribution in [1.29, 1.82) is 0 Å². The monoisotopic (exact) mass is 525 g/mol. The van der Waals surface area contributed by atoms with Crippen LogP contribution in [0.1, 0.15) is 38.3 Å². The topological polar surface area (TPSA) is 112 Å². The lowest BCUT2D eigenvalue weighted by atomic mass is 9.98. The molecule has 0 fully saturated rings. The van der Waals surface area contributed by atoms with Gasteiger partial charge in [0.2, 0.25) is 11.9 Å². The Morgan fingerprint density at radius 2 is 1.85 bits per heavy atom. The van der Waals surface area contributed by atoms with Gasteiger partial charge in [0.05, 0.1) is 16.8 Å². The summed E-state index contributed by atoms with van der Waals surface area (Å²) >= 11 is 0. The standard InChI is InChI=1S/C29H28FN7O2/c1-17-15-33-29-35-24-14-20(16-32-25(24)30)19-9-10-22(23(13-19)28(39)37(2)3)27(38)31-11-5-7-18-6-4-8-21(12-18)34-26(17)36-29/h4,6,8-10,12-16H,5,7,11H2,1-3H3,(H,31,38)(H2,33,34,35,36). The molecule has 0 aliphatic carbocycles. The zero-order chi connectivity index (χ0) is 27.5. The van der Waals surface area contributed by atoms with Crippen LogP contribution in [0.2, 0.25) is 0 Å². The first kappa shape index (κ1) is 25.8. The summed E-state index contributed by atoms with van der Waals surface area (Å²) in [4.78, 5) is 40.3. The van der Waals surface area contributed by atoms with Crippen molar-refractivity contribution >= 4 is 35.0 Å². The number of pyridine rings is 1. The van der Waals surface area contributed by atoms with Gasteiger partial charge >= 0.3 is 0 Å². The normalized spacial score (nSPS) is 13.1. The molecule has 39 heavy (non-hydrogen) atoms. The molecule has 0 unspecified atom stereocenters. The number of anilines is 4. The third-order valence-corrected chi connectivity index (χ3v) is 6.41. The minimum Gasteiger partial charge on any atom is -0.352 e. The Hall–Kier alpha value is -4.86. The Morgan fingerprint density at radius 1 is 1.00 bits per heavy atom. The van der Waals surface area contributed by atoms with E-state index < -0.39 is 5.95 Å². The third kappa shape index (κ3) is 5.69. The maximum atomic E-state index is 14.8. The Balaban J connectivity index is 1.61. The van der Waals surface area contributed by atoms with Gasteiger partial charge in [0.15, 0.2) is 0 Å². The number of nitrogens with zero attached hydrogens (tertiary/aromatic N) is 4. The second-order valence-corrected chi connectivity index (χ2v) is 9.56. The minimum atomic E-state index is -0.729. The number of rotatable bonds is 1. The van der Waals surface area contributed by atoms with Gasteiger partial charge in [-0.15, -0.1) is 0 Å². The van der Waals surface area contributed by atoms with Gasteiger partial charge in [0.25, 0.3) is 11.8 Å². The molecule has 198 valence electrons. The molecule has 0 radical (unpaired) electrons. The maximum Gasteiger partial charge on any atom is 0.254 e. The van der Waals surface area contributed by atoms with E-state index in [4.69, 9.17) is 0 Å². The van der Waals surface area contributed by atoms with Crippen molar-refractivity contribution in [3.05, 3.63) is 89.1 Å². The summed E-state index contributed by atoms with van der Waals surface area (Å²) in [7, 11) is 3.25. The van der Waals surface area contributed by atoms with Gasteiger partial charge in [-0.25, -0.2) is 9.97 Å².